The van der Waals surface area contributed by atoms with E-state index in [1.54, 1.807) is 0 Å². The van der Waals surface area contributed by atoms with Crippen molar-refractivity contribution in [1.29, 1.82) is 0 Å². The van der Waals surface area contributed by atoms with E-state index in [-0.39, 0.29) is 5.41 Å². The lowest BCUT2D eigenvalue weighted by atomic mass is 9.86. The maximum absolute atomic E-state index is 3.69. The fourth-order valence-electron chi connectivity index (χ4n) is 2.33. The molecule has 0 aliphatic carbocycles. The summed E-state index contributed by atoms with van der Waals surface area (Å²) in [6, 6.07) is 9.43. The molecule has 0 radical (unpaired) electrons. The first kappa shape index (κ1) is 17.0. The summed E-state index contributed by atoms with van der Waals surface area (Å²) in [7, 11) is 2.19. The lowest BCUT2D eigenvalue weighted by Gasteiger charge is -2.35. The Bertz CT molecular complexity index is 375. The van der Waals surface area contributed by atoms with Gasteiger partial charge in [0.1, 0.15) is 0 Å². The van der Waals surface area contributed by atoms with E-state index in [0.717, 1.165) is 19.5 Å². The predicted molar refractivity (Wildman–Crippen MR) is 90.6 cm³/mol. The van der Waals surface area contributed by atoms with Crippen LogP contribution in [0.1, 0.15) is 46.6 Å². The number of nitrogens with zero attached hydrogens (tertiary/aromatic N) is 1. The average molecular weight is 276 g/mol. The fourth-order valence-corrected chi connectivity index (χ4v) is 2.33. The molecule has 0 aliphatic rings. The van der Waals surface area contributed by atoms with Crippen molar-refractivity contribution in [2.24, 2.45) is 5.41 Å². The Morgan fingerprint density at radius 1 is 1.10 bits per heavy atom. The highest BCUT2D eigenvalue weighted by atomic mass is 15.1. The maximum atomic E-state index is 3.69. The standard InChI is InChI=1S/C18H32N2/c1-7-13-19-17(18(3,4)5)14-20(6)16-11-9-15(8-2)10-12-16/h9-12,17,19H,7-8,13-14H2,1-6H3. The van der Waals surface area contributed by atoms with Gasteiger partial charge < -0.3 is 10.2 Å². The quantitative estimate of drug-likeness (QED) is 0.806. The first-order valence-electron chi connectivity index (χ1n) is 7.92. The zero-order chi connectivity index (χ0) is 15.2. The Labute approximate surface area is 125 Å². The van der Waals surface area contributed by atoms with Gasteiger partial charge >= 0.3 is 0 Å². The molecule has 1 rings (SSSR count). The highest BCUT2D eigenvalue weighted by Gasteiger charge is 2.25. The van der Waals surface area contributed by atoms with E-state index in [9.17, 15) is 0 Å². The molecule has 20 heavy (non-hydrogen) atoms. The maximum Gasteiger partial charge on any atom is 0.0364 e. The minimum absolute atomic E-state index is 0.271. The monoisotopic (exact) mass is 276 g/mol. The molecule has 1 aromatic rings. The first-order chi connectivity index (χ1) is 9.38. The number of hydrogen-bond donors (Lipinski definition) is 1. The van der Waals surface area contributed by atoms with Crippen molar-refractivity contribution in [2.45, 2.75) is 53.5 Å². The van der Waals surface area contributed by atoms with Gasteiger partial charge in [-0.25, -0.2) is 0 Å². The second-order valence-electron chi connectivity index (χ2n) is 6.77. The molecule has 0 amide bonds. The Morgan fingerprint density at radius 3 is 2.15 bits per heavy atom. The molecule has 1 N–H and O–H groups in total. The number of hydrogen-bond acceptors (Lipinski definition) is 2. The van der Waals surface area contributed by atoms with Crippen molar-refractivity contribution in [1.82, 2.24) is 5.32 Å². The molecular weight excluding hydrogens is 244 g/mol. The van der Waals surface area contributed by atoms with E-state index in [4.69, 9.17) is 0 Å². The van der Waals surface area contributed by atoms with Gasteiger partial charge in [-0.05, 0) is 42.5 Å². The lowest BCUT2D eigenvalue weighted by molar-refractivity contribution is 0.272. The minimum atomic E-state index is 0.271. The number of nitrogens with one attached hydrogen (secondary N) is 1. The zero-order valence-electron chi connectivity index (χ0n) is 14.2. The van der Waals surface area contributed by atoms with Gasteiger partial charge in [0.05, 0.1) is 0 Å². The van der Waals surface area contributed by atoms with Crippen LogP contribution in [-0.4, -0.2) is 26.2 Å². The van der Waals surface area contributed by atoms with E-state index in [2.05, 4.69) is 76.1 Å². The highest BCUT2D eigenvalue weighted by Crippen LogP contribution is 2.22. The lowest BCUT2D eigenvalue weighted by Crippen LogP contribution is -2.48. The van der Waals surface area contributed by atoms with Crippen LogP contribution in [-0.2, 0) is 6.42 Å². The number of likely N-dealkylation sites (N-methyl/N-ethyl adjacent to an activating group) is 1. The summed E-state index contributed by atoms with van der Waals surface area (Å²) >= 11 is 0. The summed E-state index contributed by atoms with van der Waals surface area (Å²) in [4.78, 5) is 2.36. The molecule has 2 heteroatoms. The van der Waals surface area contributed by atoms with E-state index in [1.807, 2.05) is 0 Å². The molecule has 0 saturated heterocycles. The van der Waals surface area contributed by atoms with Crippen molar-refractivity contribution < 1.29 is 0 Å². The zero-order valence-corrected chi connectivity index (χ0v) is 14.2. The van der Waals surface area contributed by atoms with Gasteiger partial charge in [0.15, 0.2) is 0 Å². The summed E-state index contributed by atoms with van der Waals surface area (Å²) in [5, 5.41) is 3.69. The molecule has 1 atom stereocenters. The fraction of sp³-hybridized carbons (Fsp3) is 0.667. The van der Waals surface area contributed by atoms with Crippen LogP contribution in [0.25, 0.3) is 0 Å². The normalized spacial score (nSPS) is 13.3. The van der Waals surface area contributed by atoms with Crippen molar-refractivity contribution in [3.8, 4) is 0 Å². The van der Waals surface area contributed by atoms with Crippen LogP contribution >= 0.6 is 0 Å². The van der Waals surface area contributed by atoms with Gasteiger partial charge in [-0.3, -0.25) is 0 Å². The number of aryl methyl sites for hydroxylation is 1. The van der Waals surface area contributed by atoms with Crippen molar-refractivity contribution in [3.05, 3.63) is 29.8 Å². The average Bonchev–Trinajstić information content (AvgIpc) is 2.42. The van der Waals surface area contributed by atoms with Crippen LogP contribution in [0.4, 0.5) is 5.69 Å². The third-order valence-corrected chi connectivity index (χ3v) is 3.93. The molecule has 1 unspecified atom stereocenters. The topological polar surface area (TPSA) is 15.3 Å². The Morgan fingerprint density at radius 2 is 1.70 bits per heavy atom. The van der Waals surface area contributed by atoms with E-state index in [1.165, 1.54) is 17.7 Å². The van der Waals surface area contributed by atoms with E-state index in [0.29, 0.717) is 6.04 Å². The van der Waals surface area contributed by atoms with Gasteiger partial charge in [-0.1, -0.05) is 46.8 Å². The second kappa shape index (κ2) is 7.68. The van der Waals surface area contributed by atoms with E-state index < -0.39 is 0 Å². The summed E-state index contributed by atoms with van der Waals surface area (Å²) in [6.07, 6.45) is 2.29. The molecular formula is C18H32N2. The molecule has 0 spiro atoms. The number of rotatable bonds is 7. The van der Waals surface area contributed by atoms with Crippen LogP contribution in [0.5, 0.6) is 0 Å². The van der Waals surface area contributed by atoms with Crippen LogP contribution in [0, 0.1) is 5.41 Å². The van der Waals surface area contributed by atoms with Gasteiger partial charge in [0.2, 0.25) is 0 Å². The molecule has 1 aromatic carbocycles. The predicted octanol–water partition coefficient (Wildman–Crippen LogP) is 4.10. The molecule has 0 bridgehead atoms. The summed E-state index contributed by atoms with van der Waals surface area (Å²) in [5.41, 5.74) is 2.97. The Balaban J connectivity index is 2.70. The summed E-state index contributed by atoms with van der Waals surface area (Å²) in [5.74, 6) is 0. The molecule has 114 valence electrons. The van der Waals surface area contributed by atoms with Crippen molar-refractivity contribution in [2.75, 3.05) is 25.0 Å². The molecule has 0 aliphatic heterocycles. The van der Waals surface area contributed by atoms with Crippen molar-refractivity contribution in [3.63, 3.8) is 0 Å². The van der Waals surface area contributed by atoms with Crippen LogP contribution in [0.3, 0.4) is 0 Å². The first-order valence-corrected chi connectivity index (χ1v) is 7.92. The van der Waals surface area contributed by atoms with Crippen LogP contribution in [0.2, 0.25) is 0 Å². The smallest absolute Gasteiger partial charge is 0.0364 e. The molecule has 0 fully saturated rings. The van der Waals surface area contributed by atoms with Gasteiger partial charge in [0.25, 0.3) is 0 Å². The minimum Gasteiger partial charge on any atom is -0.373 e. The van der Waals surface area contributed by atoms with Crippen molar-refractivity contribution >= 4 is 5.69 Å². The Hall–Kier alpha value is -1.02. The summed E-state index contributed by atoms with van der Waals surface area (Å²) in [6.45, 7) is 13.5. The summed E-state index contributed by atoms with van der Waals surface area (Å²) < 4.78 is 0. The third-order valence-electron chi connectivity index (χ3n) is 3.93. The molecule has 0 heterocycles. The molecule has 0 saturated carbocycles. The number of benzene rings is 1. The van der Waals surface area contributed by atoms with E-state index >= 15 is 0 Å². The largest absolute Gasteiger partial charge is 0.373 e. The van der Waals surface area contributed by atoms with Crippen LogP contribution in [0.15, 0.2) is 24.3 Å². The number of anilines is 1. The molecule has 2 nitrogen and oxygen atoms in total. The van der Waals surface area contributed by atoms with Gasteiger partial charge in [0, 0.05) is 25.3 Å². The molecule has 0 aromatic heterocycles. The van der Waals surface area contributed by atoms with Gasteiger partial charge in [-0.2, -0.15) is 0 Å². The third kappa shape index (κ3) is 5.16. The van der Waals surface area contributed by atoms with Crippen LogP contribution < -0.4 is 10.2 Å². The highest BCUT2D eigenvalue weighted by molar-refractivity contribution is 5.47. The second-order valence-corrected chi connectivity index (χ2v) is 6.77. The Kier molecular flexibility index (Phi) is 6.54. The SMILES string of the molecule is CCCNC(CN(C)c1ccc(CC)cc1)C(C)(C)C. The van der Waals surface area contributed by atoms with Gasteiger partial charge in [-0.15, -0.1) is 0 Å².